The number of ether oxygens (including phenoxy) is 2. The second kappa shape index (κ2) is 8.10. The summed E-state index contributed by atoms with van der Waals surface area (Å²) in [6.45, 7) is 0. The molecular formula is C16H16BrNO3S. The molecule has 1 N–H and O–H groups in total. The van der Waals surface area contributed by atoms with Gasteiger partial charge in [-0.2, -0.15) is 0 Å². The summed E-state index contributed by atoms with van der Waals surface area (Å²) in [6, 6.07) is 13.1. The molecule has 22 heavy (non-hydrogen) atoms. The topological polar surface area (TPSA) is 47.6 Å². The molecule has 2 aromatic rings. The number of rotatable bonds is 6. The van der Waals surface area contributed by atoms with E-state index in [1.807, 2.05) is 24.3 Å². The van der Waals surface area contributed by atoms with Gasteiger partial charge in [0.05, 0.1) is 20.0 Å². The van der Waals surface area contributed by atoms with Crippen molar-refractivity contribution in [3.05, 3.63) is 46.9 Å². The Morgan fingerprint density at radius 1 is 1.09 bits per heavy atom. The van der Waals surface area contributed by atoms with Crippen LogP contribution in [0.3, 0.4) is 0 Å². The van der Waals surface area contributed by atoms with Crippen LogP contribution in [0.1, 0.15) is 0 Å². The summed E-state index contributed by atoms with van der Waals surface area (Å²) in [5, 5.41) is 2.84. The molecule has 0 spiro atoms. The van der Waals surface area contributed by atoms with Crippen molar-refractivity contribution in [2.45, 2.75) is 4.90 Å². The molecule has 0 fully saturated rings. The van der Waals surface area contributed by atoms with Gasteiger partial charge in [-0.25, -0.2) is 0 Å². The predicted molar refractivity (Wildman–Crippen MR) is 93.0 cm³/mol. The Hall–Kier alpha value is -1.66. The van der Waals surface area contributed by atoms with Gasteiger partial charge in [0.25, 0.3) is 0 Å². The maximum absolute atomic E-state index is 12.0. The zero-order valence-corrected chi connectivity index (χ0v) is 14.7. The number of methoxy groups -OCH3 is 2. The number of benzene rings is 2. The van der Waals surface area contributed by atoms with Gasteiger partial charge in [-0.3, -0.25) is 4.79 Å². The van der Waals surface area contributed by atoms with Crippen LogP contribution < -0.4 is 14.8 Å². The van der Waals surface area contributed by atoms with Crippen molar-refractivity contribution < 1.29 is 14.3 Å². The zero-order chi connectivity index (χ0) is 15.9. The first kappa shape index (κ1) is 16.7. The molecule has 0 atom stereocenters. The first-order valence-corrected chi connectivity index (χ1v) is 8.30. The van der Waals surface area contributed by atoms with Crippen molar-refractivity contribution in [2.75, 3.05) is 25.3 Å². The molecule has 2 rings (SSSR count). The first-order valence-electron chi connectivity index (χ1n) is 6.52. The molecule has 0 aliphatic carbocycles. The minimum Gasteiger partial charge on any atom is -0.493 e. The van der Waals surface area contributed by atoms with Gasteiger partial charge in [0.15, 0.2) is 11.5 Å². The van der Waals surface area contributed by atoms with Gasteiger partial charge in [0.2, 0.25) is 5.91 Å². The minimum absolute atomic E-state index is 0.0693. The fourth-order valence-electron chi connectivity index (χ4n) is 1.79. The van der Waals surface area contributed by atoms with Crippen LogP contribution in [0.25, 0.3) is 0 Å². The summed E-state index contributed by atoms with van der Waals surface area (Å²) in [5.41, 5.74) is 0.680. The zero-order valence-electron chi connectivity index (χ0n) is 12.3. The van der Waals surface area contributed by atoms with E-state index in [0.717, 1.165) is 9.37 Å². The van der Waals surface area contributed by atoms with E-state index in [2.05, 4.69) is 21.2 Å². The van der Waals surface area contributed by atoms with Gasteiger partial charge < -0.3 is 14.8 Å². The van der Waals surface area contributed by atoms with Crippen LogP contribution in [0.4, 0.5) is 5.69 Å². The molecule has 6 heteroatoms. The van der Waals surface area contributed by atoms with Crippen LogP contribution in [0.15, 0.2) is 51.8 Å². The van der Waals surface area contributed by atoms with E-state index < -0.39 is 0 Å². The molecule has 0 aromatic heterocycles. The summed E-state index contributed by atoms with van der Waals surface area (Å²) in [4.78, 5) is 13.0. The summed E-state index contributed by atoms with van der Waals surface area (Å²) < 4.78 is 11.4. The molecule has 0 aliphatic rings. The van der Waals surface area contributed by atoms with Gasteiger partial charge in [-0.1, -0.05) is 15.9 Å². The largest absolute Gasteiger partial charge is 0.493 e. The minimum atomic E-state index is -0.0693. The van der Waals surface area contributed by atoms with Crippen LogP contribution in [-0.2, 0) is 4.79 Å². The van der Waals surface area contributed by atoms with Crippen molar-refractivity contribution in [3.8, 4) is 11.5 Å². The molecule has 0 bridgehead atoms. The number of nitrogens with one attached hydrogen (secondary N) is 1. The van der Waals surface area contributed by atoms with E-state index in [9.17, 15) is 4.79 Å². The quantitative estimate of drug-likeness (QED) is 0.761. The number of thioether (sulfide) groups is 1. The van der Waals surface area contributed by atoms with Crippen molar-refractivity contribution in [3.63, 3.8) is 0 Å². The molecule has 4 nitrogen and oxygen atoms in total. The molecule has 0 aliphatic heterocycles. The van der Waals surface area contributed by atoms with Crippen molar-refractivity contribution >= 4 is 39.3 Å². The van der Waals surface area contributed by atoms with Crippen LogP contribution in [-0.4, -0.2) is 25.9 Å². The average Bonchev–Trinajstić information content (AvgIpc) is 2.54. The first-order chi connectivity index (χ1) is 10.6. The lowest BCUT2D eigenvalue weighted by atomic mass is 10.2. The fourth-order valence-corrected chi connectivity index (χ4v) is 2.75. The summed E-state index contributed by atoms with van der Waals surface area (Å²) in [5.74, 6) is 1.49. The molecule has 0 heterocycles. The molecule has 0 radical (unpaired) electrons. The number of amides is 1. The second-order valence-electron chi connectivity index (χ2n) is 4.36. The lowest BCUT2D eigenvalue weighted by molar-refractivity contribution is -0.113. The van der Waals surface area contributed by atoms with Crippen molar-refractivity contribution in [1.82, 2.24) is 0 Å². The Kier molecular flexibility index (Phi) is 6.15. The van der Waals surface area contributed by atoms with Crippen molar-refractivity contribution in [1.29, 1.82) is 0 Å². The number of carbonyl (C=O) groups excluding carboxylic acids is 1. The summed E-state index contributed by atoms with van der Waals surface area (Å²) >= 11 is 4.87. The molecule has 1 amide bonds. The maximum Gasteiger partial charge on any atom is 0.234 e. The van der Waals surface area contributed by atoms with E-state index in [1.54, 1.807) is 32.4 Å². The Balaban J connectivity index is 1.93. The van der Waals surface area contributed by atoms with Crippen LogP contribution in [0, 0.1) is 0 Å². The van der Waals surface area contributed by atoms with E-state index >= 15 is 0 Å². The molecular weight excluding hydrogens is 366 g/mol. The molecule has 0 saturated carbocycles. The van der Waals surface area contributed by atoms with E-state index in [0.29, 0.717) is 22.9 Å². The van der Waals surface area contributed by atoms with Gasteiger partial charge in [0.1, 0.15) is 0 Å². The SMILES string of the molecule is COc1ccc(NC(=O)CSc2ccc(Br)cc2)cc1OC. The highest BCUT2D eigenvalue weighted by atomic mass is 79.9. The van der Waals surface area contributed by atoms with E-state index in [-0.39, 0.29) is 5.91 Å². The average molecular weight is 382 g/mol. The molecule has 0 unspecified atom stereocenters. The highest BCUT2D eigenvalue weighted by Crippen LogP contribution is 2.30. The molecule has 0 saturated heterocycles. The number of hydrogen-bond donors (Lipinski definition) is 1. The third kappa shape index (κ3) is 4.68. The molecule has 116 valence electrons. The van der Waals surface area contributed by atoms with E-state index in [1.165, 1.54) is 11.8 Å². The summed E-state index contributed by atoms with van der Waals surface area (Å²) in [6.07, 6.45) is 0. The fraction of sp³-hybridized carbons (Fsp3) is 0.188. The maximum atomic E-state index is 12.0. The second-order valence-corrected chi connectivity index (χ2v) is 6.32. The highest BCUT2D eigenvalue weighted by molar-refractivity contribution is 9.10. The van der Waals surface area contributed by atoms with Crippen LogP contribution in [0.5, 0.6) is 11.5 Å². The van der Waals surface area contributed by atoms with E-state index in [4.69, 9.17) is 9.47 Å². The third-order valence-corrected chi connectivity index (χ3v) is 4.39. The van der Waals surface area contributed by atoms with Gasteiger partial charge in [-0.15, -0.1) is 11.8 Å². The third-order valence-electron chi connectivity index (χ3n) is 2.85. The number of anilines is 1. The van der Waals surface area contributed by atoms with Gasteiger partial charge in [0, 0.05) is 21.1 Å². The number of carbonyl (C=O) groups is 1. The molecule has 2 aromatic carbocycles. The monoisotopic (exact) mass is 381 g/mol. The number of hydrogen-bond acceptors (Lipinski definition) is 4. The predicted octanol–water partition coefficient (Wildman–Crippen LogP) is 4.20. The Bertz CT molecular complexity index is 646. The normalized spacial score (nSPS) is 10.1. The Morgan fingerprint density at radius 2 is 1.77 bits per heavy atom. The lowest BCUT2D eigenvalue weighted by Gasteiger charge is -2.10. The standard InChI is InChI=1S/C16H16BrNO3S/c1-20-14-8-5-12(9-15(14)21-2)18-16(19)10-22-13-6-3-11(17)4-7-13/h3-9H,10H2,1-2H3,(H,18,19). The lowest BCUT2D eigenvalue weighted by Crippen LogP contribution is -2.14. The smallest absolute Gasteiger partial charge is 0.234 e. The van der Waals surface area contributed by atoms with Crippen LogP contribution in [0.2, 0.25) is 0 Å². The Labute approximate surface area is 142 Å². The summed E-state index contributed by atoms with van der Waals surface area (Å²) in [7, 11) is 3.14. The Morgan fingerprint density at radius 3 is 2.41 bits per heavy atom. The van der Waals surface area contributed by atoms with Gasteiger partial charge >= 0.3 is 0 Å². The highest BCUT2D eigenvalue weighted by Gasteiger charge is 2.08. The number of halogens is 1. The van der Waals surface area contributed by atoms with Crippen molar-refractivity contribution in [2.24, 2.45) is 0 Å². The van der Waals surface area contributed by atoms with Crippen LogP contribution >= 0.6 is 27.7 Å². The van der Waals surface area contributed by atoms with Gasteiger partial charge in [-0.05, 0) is 36.4 Å².